The molecule has 86 valence electrons. The molecule has 5 nitrogen and oxygen atoms in total. The minimum absolute atomic E-state index is 0.00690. The van der Waals surface area contributed by atoms with E-state index in [1.165, 1.54) is 12.8 Å². The lowest BCUT2D eigenvalue weighted by molar-refractivity contribution is -0.135. The Labute approximate surface area is 94.1 Å². The molecule has 1 aliphatic rings. The second-order valence-electron chi connectivity index (χ2n) is 4.18. The minimum Gasteiger partial charge on any atom is -0.480 e. The predicted octanol–water partition coefficient (Wildman–Crippen LogP) is 1.09. The van der Waals surface area contributed by atoms with E-state index in [1.807, 2.05) is 4.90 Å². The molecule has 0 aliphatic heterocycles. The van der Waals surface area contributed by atoms with Gasteiger partial charge in [0.1, 0.15) is 18.2 Å². The van der Waals surface area contributed by atoms with Gasteiger partial charge in [0.2, 0.25) is 0 Å². The molecule has 1 heterocycles. The van der Waals surface area contributed by atoms with E-state index >= 15 is 0 Å². The number of carbonyl (C=O) groups is 1. The third-order valence-corrected chi connectivity index (χ3v) is 2.59. The molecule has 5 heteroatoms. The number of aliphatic carboxylic acids is 1. The highest BCUT2D eigenvalue weighted by Gasteiger charge is 2.26. The Hall–Kier alpha value is -1.65. The molecule has 1 aromatic rings. The average Bonchev–Trinajstić information content (AvgIpc) is 3.00. The molecule has 1 fully saturated rings. The third kappa shape index (κ3) is 2.92. The molecule has 1 N–H and O–H groups in total. The van der Waals surface area contributed by atoms with Crippen molar-refractivity contribution in [3.8, 4) is 0 Å². The largest absolute Gasteiger partial charge is 0.480 e. The van der Waals surface area contributed by atoms with Crippen LogP contribution in [0.25, 0.3) is 0 Å². The van der Waals surface area contributed by atoms with Crippen molar-refractivity contribution in [2.45, 2.75) is 19.8 Å². The molecular formula is C11H15N3O2. The van der Waals surface area contributed by atoms with Crippen LogP contribution in [0, 0.1) is 12.8 Å². The lowest BCUT2D eigenvalue weighted by Crippen LogP contribution is -2.32. The van der Waals surface area contributed by atoms with Gasteiger partial charge in [-0.15, -0.1) is 0 Å². The summed E-state index contributed by atoms with van der Waals surface area (Å²) < 4.78 is 0. The molecule has 0 amide bonds. The van der Waals surface area contributed by atoms with Crippen LogP contribution in [0.1, 0.15) is 18.7 Å². The number of hydrogen-bond acceptors (Lipinski definition) is 4. The van der Waals surface area contributed by atoms with Crippen molar-refractivity contribution in [1.82, 2.24) is 9.97 Å². The smallest absolute Gasteiger partial charge is 0.323 e. The Bertz CT molecular complexity index is 391. The molecule has 0 unspecified atom stereocenters. The summed E-state index contributed by atoms with van der Waals surface area (Å²) in [5.41, 5.74) is 0. The van der Waals surface area contributed by atoms with Gasteiger partial charge < -0.3 is 10.0 Å². The number of aryl methyl sites for hydroxylation is 1. The van der Waals surface area contributed by atoms with Crippen molar-refractivity contribution in [2.24, 2.45) is 5.92 Å². The van der Waals surface area contributed by atoms with Crippen LogP contribution in [-0.4, -0.2) is 34.1 Å². The topological polar surface area (TPSA) is 66.3 Å². The Morgan fingerprint density at radius 2 is 2.38 bits per heavy atom. The van der Waals surface area contributed by atoms with E-state index in [0.717, 1.165) is 6.54 Å². The normalized spacial score (nSPS) is 14.8. The third-order valence-electron chi connectivity index (χ3n) is 2.59. The van der Waals surface area contributed by atoms with Crippen LogP contribution in [0.2, 0.25) is 0 Å². The van der Waals surface area contributed by atoms with Crippen molar-refractivity contribution >= 4 is 11.8 Å². The Kier molecular flexibility index (Phi) is 3.03. The van der Waals surface area contributed by atoms with Gasteiger partial charge in [-0.3, -0.25) is 4.79 Å². The molecule has 0 atom stereocenters. The second kappa shape index (κ2) is 4.47. The molecule has 2 rings (SSSR count). The van der Waals surface area contributed by atoms with Crippen LogP contribution in [0.4, 0.5) is 5.82 Å². The van der Waals surface area contributed by atoms with Crippen molar-refractivity contribution in [3.63, 3.8) is 0 Å². The summed E-state index contributed by atoms with van der Waals surface area (Å²) in [6.45, 7) is 2.59. The maximum atomic E-state index is 10.8. The molecule has 0 saturated heterocycles. The summed E-state index contributed by atoms with van der Waals surface area (Å²) in [5, 5.41) is 8.86. The zero-order chi connectivity index (χ0) is 11.5. The van der Waals surface area contributed by atoms with E-state index in [1.54, 1.807) is 19.2 Å². The van der Waals surface area contributed by atoms with E-state index in [-0.39, 0.29) is 6.54 Å². The maximum absolute atomic E-state index is 10.8. The van der Waals surface area contributed by atoms with Crippen LogP contribution in [0.3, 0.4) is 0 Å². The maximum Gasteiger partial charge on any atom is 0.323 e. The molecule has 0 bridgehead atoms. The Balaban J connectivity index is 2.12. The summed E-state index contributed by atoms with van der Waals surface area (Å²) in [4.78, 5) is 20.9. The van der Waals surface area contributed by atoms with E-state index in [9.17, 15) is 4.79 Å². The van der Waals surface area contributed by atoms with Gasteiger partial charge in [-0.1, -0.05) is 0 Å². The van der Waals surface area contributed by atoms with E-state index in [0.29, 0.717) is 17.6 Å². The quantitative estimate of drug-likeness (QED) is 0.806. The first-order valence-corrected chi connectivity index (χ1v) is 5.41. The fourth-order valence-electron chi connectivity index (χ4n) is 1.63. The first kappa shape index (κ1) is 10.9. The summed E-state index contributed by atoms with van der Waals surface area (Å²) in [5.74, 6) is 1.19. The van der Waals surface area contributed by atoms with Crippen molar-refractivity contribution in [2.75, 3.05) is 18.0 Å². The summed E-state index contributed by atoms with van der Waals surface area (Å²) in [6.07, 6.45) is 4.06. The van der Waals surface area contributed by atoms with Crippen molar-refractivity contribution in [3.05, 3.63) is 18.1 Å². The lowest BCUT2D eigenvalue weighted by atomic mass is 10.3. The molecule has 1 aliphatic carbocycles. The van der Waals surface area contributed by atoms with Gasteiger partial charge in [0.05, 0.1) is 0 Å². The van der Waals surface area contributed by atoms with Crippen LogP contribution in [0.15, 0.2) is 12.3 Å². The summed E-state index contributed by atoms with van der Waals surface area (Å²) in [7, 11) is 0. The number of aromatic nitrogens is 2. The molecule has 1 aromatic heterocycles. The highest BCUT2D eigenvalue weighted by atomic mass is 16.4. The molecule has 0 aromatic carbocycles. The van der Waals surface area contributed by atoms with Gasteiger partial charge in [-0.2, -0.15) is 0 Å². The second-order valence-corrected chi connectivity index (χ2v) is 4.18. The van der Waals surface area contributed by atoms with Gasteiger partial charge >= 0.3 is 5.97 Å². The van der Waals surface area contributed by atoms with E-state index in [4.69, 9.17) is 5.11 Å². The van der Waals surface area contributed by atoms with Gasteiger partial charge in [0.25, 0.3) is 0 Å². The first-order chi connectivity index (χ1) is 7.65. The molecule has 0 radical (unpaired) electrons. The predicted molar refractivity (Wildman–Crippen MR) is 59.3 cm³/mol. The zero-order valence-electron chi connectivity index (χ0n) is 9.26. The number of carboxylic acid groups (broad SMARTS) is 1. The van der Waals surface area contributed by atoms with Gasteiger partial charge in [0, 0.05) is 12.7 Å². The first-order valence-electron chi connectivity index (χ1n) is 5.41. The Morgan fingerprint density at radius 1 is 1.62 bits per heavy atom. The number of nitrogens with zero attached hydrogens (tertiary/aromatic N) is 3. The average molecular weight is 221 g/mol. The molecule has 1 saturated carbocycles. The molecule has 16 heavy (non-hydrogen) atoms. The monoisotopic (exact) mass is 221 g/mol. The van der Waals surface area contributed by atoms with Crippen LogP contribution >= 0.6 is 0 Å². The summed E-state index contributed by atoms with van der Waals surface area (Å²) >= 11 is 0. The fourth-order valence-corrected chi connectivity index (χ4v) is 1.63. The van der Waals surface area contributed by atoms with Crippen LogP contribution in [0.5, 0.6) is 0 Å². The standard InChI is InChI=1S/C11H15N3O2/c1-8-12-5-4-10(13-8)14(7-11(15)16)6-9-2-3-9/h4-5,9H,2-3,6-7H2,1H3,(H,15,16). The van der Waals surface area contributed by atoms with Crippen LogP contribution < -0.4 is 4.90 Å². The van der Waals surface area contributed by atoms with Gasteiger partial charge in [-0.25, -0.2) is 9.97 Å². The number of carboxylic acids is 1. The van der Waals surface area contributed by atoms with Crippen molar-refractivity contribution in [1.29, 1.82) is 0 Å². The SMILES string of the molecule is Cc1nccc(N(CC(=O)O)CC2CC2)n1. The highest BCUT2D eigenvalue weighted by Crippen LogP contribution is 2.30. The van der Waals surface area contributed by atoms with Gasteiger partial charge in [0.15, 0.2) is 0 Å². The lowest BCUT2D eigenvalue weighted by Gasteiger charge is -2.21. The summed E-state index contributed by atoms with van der Waals surface area (Å²) in [6, 6.07) is 1.76. The van der Waals surface area contributed by atoms with E-state index < -0.39 is 5.97 Å². The highest BCUT2D eigenvalue weighted by molar-refractivity contribution is 5.73. The number of rotatable bonds is 5. The zero-order valence-corrected chi connectivity index (χ0v) is 9.26. The molecular weight excluding hydrogens is 206 g/mol. The number of anilines is 1. The van der Waals surface area contributed by atoms with Crippen molar-refractivity contribution < 1.29 is 9.90 Å². The Morgan fingerprint density at radius 3 is 2.94 bits per heavy atom. The van der Waals surface area contributed by atoms with Crippen LogP contribution in [-0.2, 0) is 4.79 Å². The van der Waals surface area contributed by atoms with E-state index in [2.05, 4.69) is 9.97 Å². The minimum atomic E-state index is -0.822. The number of hydrogen-bond donors (Lipinski definition) is 1. The molecule has 0 spiro atoms. The fraction of sp³-hybridized carbons (Fsp3) is 0.545. The van der Waals surface area contributed by atoms with Gasteiger partial charge in [-0.05, 0) is 31.7 Å².